The third kappa shape index (κ3) is 3.03. The number of nitrogens with one attached hydrogen (secondary N) is 2. The number of aliphatic hydroxyl groups is 1. The van der Waals surface area contributed by atoms with Crippen LogP contribution >= 0.6 is 0 Å². The summed E-state index contributed by atoms with van der Waals surface area (Å²) < 4.78 is 5.35. The molecule has 3 rings (SSSR count). The Bertz CT molecular complexity index is 646. The van der Waals surface area contributed by atoms with Gasteiger partial charge in [-0.2, -0.15) is 0 Å². The first-order valence-electron chi connectivity index (χ1n) is 7.26. The number of aliphatic hydroxyl groups excluding tert-OH is 1. The molecule has 1 aromatic carbocycles. The largest absolute Gasteiger partial charge is 0.496 e. The maximum absolute atomic E-state index is 12.0. The summed E-state index contributed by atoms with van der Waals surface area (Å²) in [6.45, 7) is 0.336. The summed E-state index contributed by atoms with van der Waals surface area (Å²) in [6, 6.07) is 5.75. The van der Waals surface area contributed by atoms with Crippen LogP contribution in [0.2, 0.25) is 0 Å². The molecule has 0 radical (unpaired) electrons. The molecule has 2 aromatic rings. The molecule has 1 aliphatic carbocycles. The quantitative estimate of drug-likeness (QED) is 0.756. The summed E-state index contributed by atoms with van der Waals surface area (Å²) in [7, 11) is 1.62. The van der Waals surface area contributed by atoms with E-state index in [0.717, 1.165) is 35.1 Å². The highest BCUT2D eigenvalue weighted by Crippen LogP contribution is 2.32. The molecule has 0 saturated heterocycles. The molecule has 5 nitrogen and oxygen atoms in total. The van der Waals surface area contributed by atoms with Gasteiger partial charge in [-0.05, 0) is 36.5 Å². The number of fused-ring (bicyclic) bond motifs is 1. The second-order valence-electron chi connectivity index (χ2n) is 5.58. The highest BCUT2D eigenvalue weighted by molar-refractivity contribution is 5.93. The number of aromatic amines is 1. The van der Waals surface area contributed by atoms with Crippen LogP contribution in [-0.4, -0.2) is 35.8 Å². The lowest BCUT2D eigenvalue weighted by atomic mass is 10.1. The number of carbonyl (C=O) groups is 1. The van der Waals surface area contributed by atoms with E-state index in [1.807, 2.05) is 24.4 Å². The van der Waals surface area contributed by atoms with E-state index in [1.165, 1.54) is 0 Å². The van der Waals surface area contributed by atoms with Crippen LogP contribution in [0.5, 0.6) is 5.75 Å². The molecule has 3 N–H and O–H groups in total. The number of ether oxygens (including phenoxy) is 1. The van der Waals surface area contributed by atoms with Gasteiger partial charge < -0.3 is 20.1 Å². The molecule has 1 atom stereocenters. The van der Waals surface area contributed by atoms with E-state index in [9.17, 15) is 9.90 Å². The van der Waals surface area contributed by atoms with Gasteiger partial charge >= 0.3 is 0 Å². The van der Waals surface area contributed by atoms with Crippen molar-refractivity contribution in [2.45, 2.75) is 25.4 Å². The molecule has 1 fully saturated rings. The minimum atomic E-state index is -0.411. The normalized spacial score (nSPS) is 15.9. The van der Waals surface area contributed by atoms with E-state index in [1.54, 1.807) is 7.11 Å². The predicted octanol–water partition coefficient (Wildman–Crippen LogP) is 1.61. The Labute approximate surface area is 123 Å². The summed E-state index contributed by atoms with van der Waals surface area (Å²) in [5.74, 6) is 1.05. The Morgan fingerprint density at radius 1 is 1.52 bits per heavy atom. The minimum absolute atomic E-state index is 0.0819. The minimum Gasteiger partial charge on any atom is -0.496 e. The van der Waals surface area contributed by atoms with Crippen molar-refractivity contribution in [1.29, 1.82) is 0 Å². The number of hydrogen-bond acceptors (Lipinski definition) is 3. The monoisotopic (exact) mass is 288 g/mol. The van der Waals surface area contributed by atoms with Gasteiger partial charge in [-0.3, -0.25) is 4.79 Å². The van der Waals surface area contributed by atoms with Crippen LogP contribution in [0.25, 0.3) is 10.9 Å². The highest BCUT2D eigenvalue weighted by atomic mass is 16.5. The summed E-state index contributed by atoms with van der Waals surface area (Å²) in [6.07, 6.45) is 3.83. The Hall–Kier alpha value is -2.01. The van der Waals surface area contributed by atoms with Crippen molar-refractivity contribution in [1.82, 2.24) is 10.3 Å². The summed E-state index contributed by atoms with van der Waals surface area (Å²) in [5, 5.41) is 13.5. The molecule has 112 valence electrons. The Balaban J connectivity index is 1.68. The maximum atomic E-state index is 12.0. The topological polar surface area (TPSA) is 74.4 Å². The molecule has 1 saturated carbocycles. The van der Waals surface area contributed by atoms with Crippen LogP contribution < -0.4 is 10.1 Å². The van der Waals surface area contributed by atoms with Crippen LogP contribution in [0.15, 0.2) is 24.4 Å². The number of hydrogen-bond donors (Lipinski definition) is 3. The Kier molecular flexibility index (Phi) is 3.84. The van der Waals surface area contributed by atoms with Crippen molar-refractivity contribution in [3.8, 4) is 5.75 Å². The molecule has 0 spiro atoms. The van der Waals surface area contributed by atoms with Crippen LogP contribution in [0, 0.1) is 5.92 Å². The number of aromatic nitrogens is 1. The van der Waals surface area contributed by atoms with Gasteiger partial charge in [0.05, 0.1) is 19.6 Å². The van der Waals surface area contributed by atoms with Gasteiger partial charge in [-0.25, -0.2) is 0 Å². The summed E-state index contributed by atoms with van der Waals surface area (Å²) >= 11 is 0. The lowest BCUT2D eigenvalue weighted by molar-refractivity contribution is -0.120. The Morgan fingerprint density at radius 3 is 3.05 bits per heavy atom. The van der Waals surface area contributed by atoms with E-state index in [2.05, 4.69) is 10.3 Å². The molecular formula is C16H20N2O3. The fourth-order valence-corrected chi connectivity index (χ4v) is 2.63. The van der Waals surface area contributed by atoms with Gasteiger partial charge in [0.15, 0.2) is 0 Å². The van der Waals surface area contributed by atoms with Crippen molar-refractivity contribution in [2.75, 3.05) is 13.7 Å². The molecule has 1 heterocycles. The number of H-pyrrole nitrogens is 1. The molecule has 1 unspecified atom stereocenters. The zero-order valence-corrected chi connectivity index (χ0v) is 12.1. The fraction of sp³-hybridized carbons (Fsp3) is 0.438. The van der Waals surface area contributed by atoms with E-state index in [0.29, 0.717) is 12.5 Å². The molecule has 0 aliphatic heterocycles. The van der Waals surface area contributed by atoms with E-state index < -0.39 is 6.10 Å². The number of carbonyl (C=O) groups excluding carboxylic acids is 1. The molecule has 1 aliphatic rings. The third-order valence-electron chi connectivity index (χ3n) is 3.99. The lowest BCUT2D eigenvalue weighted by Crippen LogP contribution is -2.34. The number of amides is 1. The average molecular weight is 288 g/mol. The van der Waals surface area contributed by atoms with E-state index in [-0.39, 0.29) is 12.3 Å². The van der Waals surface area contributed by atoms with Crippen molar-refractivity contribution in [3.63, 3.8) is 0 Å². The van der Waals surface area contributed by atoms with Crippen molar-refractivity contribution < 1.29 is 14.6 Å². The molecule has 5 heteroatoms. The second-order valence-corrected chi connectivity index (χ2v) is 5.58. The van der Waals surface area contributed by atoms with Crippen molar-refractivity contribution in [3.05, 3.63) is 30.0 Å². The zero-order chi connectivity index (χ0) is 14.8. The number of rotatable bonds is 6. The van der Waals surface area contributed by atoms with Crippen LogP contribution in [0.3, 0.4) is 0 Å². The highest BCUT2D eigenvalue weighted by Gasteiger charge is 2.29. The summed E-state index contributed by atoms with van der Waals surface area (Å²) in [5.41, 5.74) is 1.86. The molecule has 21 heavy (non-hydrogen) atoms. The standard InChI is InChI=1S/C16H20N2O3/c1-21-14-4-2-3-12-16(14)11(8-17-12)7-15(20)18-9-13(19)10-5-6-10/h2-4,8,10,13,17,19H,5-7,9H2,1H3,(H,18,20). The number of methoxy groups -OCH3 is 1. The number of benzene rings is 1. The maximum Gasteiger partial charge on any atom is 0.224 e. The van der Waals surface area contributed by atoms with Gasteiger partial charge in [0.1, 0.15) is 5.75 Å². The molecular weight excluding hydrogens is 268 g/mol. The first-order chi connectivity index (χ1) is 10.2. The van der Waals surface area contributed by atoms with Crippen LogP contribution in [0.4, 0.5) is 0 Å². The molecule has 0 bridgehead atoms. The molecule has 1 aromatic heterocycles. The second kappa shape index (κ2) is 5.77. The van der Waals surface area contributed by atoms with Gasteiger partial charge in [0.2, 0.25) is 5.91 Å². The molecule has 1 amide bonds. The van der Waals surface area contributed by atoms with E-state index in [4.69, 9.17) is 4.74 Å². The fourth-order valence-electron chi connectivity index (χ4n) is 2.63. The smallest absolute Gasteiger partial charge is 0.224 e. The van der Waals surface area contributed by atoms with Crippen LogP contribution in [0.1, 0.15) is 18.4 Å². The van der Waals surface area contributed by atoms with Gasteiger partial charge in [-0.15, -0.1) is 0 Å². The first kappa shape index (κ1) is 13.9. The van der Waals surface area contributed by atoms with Gasteiger partial charge in [0, 0.05) is 23.6 Å². The van der Waals surface area contributed by atoms with Crippen molar-refractivity contribution >= 4 is 16.8 Å². The average Bonchev–Trinajstić information content (AvgIpc) is 3.27. The van der Waals surface area contributed by atoms with Gasteiger partial charge in [0.25, 0.3) is 0 Å². The van der Waals surface area contributed by atoms with Crippen LogP contribution in [-0.2, 0) is 11.2 Å². The predicted molar refractivity (Wildman–Crippen MR) is 80.3 cm³/mol. The third-order valence-corrected chi connectivity index (χ3v) is 3.99. The first-order valence-corrected chi connectivity index (χ1v) is 7.26. The Morgan fingerprint density at radius 2 is 2.33 bits per heavy atom. The zero-order valence-electron chi connectivity index (χ0n) is 12.1. The van der Waals surface area contributed by atoms with Gasteiger partial charge in [-0.1, -0.05) is 6.07 Å². The van der Waals surface area contributed by atoms with Crippen molar-refractivity contribution in [2.24, 2.45) is 5.92 Å². The summed E-state index contributed by atoms with van der Waals surface area (Å²) in [4.78, 5) is 15.2. The van der Waals surface area contributed by atoms with E-state index >= 15 is 0 Å². The lowest BCUT2D eigenvalue weighted by Gasteiger charge is -2.10. The SMILES string of the molecule is COc1cccc2[nH]cc(CC(=O)NCC(O)C3CC3)c12.